The quantitative estimate of drug-likeness (QED) is 0.669. The van der Waals surface area contributed by atoms with Gasteiger partial charge in [0, 0.05) is 17.8 Å². The van der Waals surface area contributed by atoms with Crippen LogP contribution in [0, 0.1) is 13.8 Å². The number of halogens is 1. The van der Waals surface area contributed by atoms with Crippen LogP contribution >= 0.6 is 11.6 Å². The number of amides is 1. The minimum Gasteiger partial charge on any atom is -0.495 e. The van der Waals surface area contributed by atoms with Crippen molar-refractivity contribution >= 4 is 23.2 Å². The van der Waals surface area contributed by atoms with Crippen molar-refractivity contribution in [2.45, 2.75) is 26.7 Å². The van der Waals surface area contributed by atoms with E-state index in [4.69, 9.17) is 16.3 Å². The Morgan fingerprint density at radius 3 is 2.59 bits per heavy atom. The average Bonchev–Trinajstić information content (AvgIpc) is 2.95. The molecule has 5 nitrogen and oxygen atoms in total. The molecular weight excluding hydrogens is 362 g/mol. The number of methoxy groups -OCH3 is 1. The largest absolute Gasteiger partial charge is 0.495 e. The predicted octanol–water partition coefficient (Wildman–Crippen LogP) is 4.72. The van der Waals surface area contributed by atoms with E-state index in [0.29, 0.717) is 29.3 Å². The number of nitrogens with one attached hydrogen (secondary N) is 1. The minimum absolute atomic E-state index is 0.0671. The molecule has 0 unspecified atom stereocenters. The van der Waals surface area contributed by atoms with Crippen LogP contribution in [0.5, 0.6) is 5.75 Å². The number of hydrogen-bond acceptors (Lipinski definition) is 3. The van der Waals surface area contributed by atoms with Crippen LogP contribution in [0.2, 0.25) is 5.02 Å². The summed E-state index contributed by atoms with van der Waals surface area (Å²) in [4.78, 5) is 12.3. The van der Waals surface area contributed by atoms with E-state index in [2.05, 4.69) is 10.4 Å². The van der Waals surface area contributed by atoms with Crippen molar-refractivity contribution in [3.8, 4) is 11.4 Å². The number of aryl methyl sites for hydroxylation is 1. The number of hydrogen-bond donors (Lipinski definition) is 1. The lowest BCUT2D eigenvalue weighted by molar-refractivity contribution is -0.116. The Kier molecular flexibility index (Phi) is 5.81. The smallest absolute Gasteiger partial charge is 0.224 e. The molecule has 27 heavy (non-hydrogen) atoms. The van der Waals surface area contributed by atoms with E-state index < -0.39 is 0 Å². The molecule has 0 radical (unpaired) electrons. The maximum atomic E-state index is 12.3. The molecule has 0 aliphatic rings. The highest BCUT2D eigenvalue weighted by atomic mass is 35.5. The number of nitrogens with zero attached hydrogens (tertiary/aromatic N) is 2. The predicted molar refractivity (Wildman–Crippen MR) is 108 cm³/mol. The standard InChI is InChI=1S/C21H22ClN3O2/c1-14-18(15(2)25(24-14)17-7-5-4-6-8-17)10-12-21(26)23-16-9-11-20(27-3)19(22)13-16/h4-9,11,13H,10,12H2,1-3H3,(H,23,26). The number of rotatable bonds is 6. The van der Waals surface area contributed by atoms with Crippen molar-refractivity contribution in [3.63, 3.8) is 0 Å². The second-order valence-electron chi connectivity index (χ2n) is 6.29. The van der Waals surface area contributed by atoms with Gasteiger partial charge in [0.25, 0.3) is 0 Å². The first-order valence-electron chi connectivity index (χ1n) is 8.73. The highest BCUT2D eigenvalue weighted by Gasteiger charge is 2.14. The van der Waals surface area contributed by atoms with Crippen molar-refractivity contribution in [1.82, 2.24) is 9.78 Å². The molecule has 6 heteroatoms. The summed E-state index contributed by atoms with van der Waals surface area (Å²) in [5.41, 5.74) is 4.76. The highest BCUT2D eigenvalue weighted by Crippen LogP contribution is 2.27. The lowest BCUT2D eigenvalue weighted by Crippen LogP contribution is -2.12. The van der Waals surface area contributed by atoms with Crippen molar-refractivity contribution in [3.05, 3.63) is 70.5 Å². The molecule has 2 aromatic carbocycles. The van der Waals surface area contributed by atoms with Gasteiger partial charge < -0.3 is 10.1 Å². The van der Waals surface area contributed by atoms with Crippen molar-refractivity contribution in [2.24, 2.45) is 0 Å². The third-order valence-corrected chi connectivity index (χ3v) is 4.77. The molecular formula is C21H22ClN3O2. The van der Waals surface area contributed by atoms with Gasteiger partial charge in [-0.05, 0) is 56.2 Å². The van der Waals surface area contributed by atoms with Gasteiger partial charge in [0.1, 0.15) is 5.75 Å². The second-order valence-corrected chi connectivity index (χ2v) is 6.70. The van der Waals surface area contributed by atoms with Crippen LogP contribution in [0.15, 0.2) is 48.5 Å². The van der Waals surface area contributed by atoms with E-state index in [0.717, 1.165) is 22.6 Å². The summed E-state index contributed by atoms with van der Waals surface area (Å²) in [6, 6.07) is 15.2. The maximum Gasteiger partial charge on any atom is 0.224 e. The Morgan fingerprint density at radius 2 is 1.93 bits per heavy atom. The van der Waals surface area contributed by atoms with Crippen LogP contribution in [0.3, 0.4) is 0 Å². The molecule has 0 spiro atoms. The SMILES string of the molecule is COc1ccc(NC(=O)CCc2c(C)nn(-c3ccccc3)c2C)cc1Cl. The summed E-state index contributed by atoms with van der Waals surface area (Å²) in [7, 11) is 1.56. The third-order valence-electron chi connectivity index (χ3n) is 4.48. The molecule has 0 atom stereocenters. The lowest BCUT2D eigenvalue weighted by atomic mass is 10.1. The average molecular weight is 384 g/mol. The van der Waals surface area contributed by atoms with E-state index in [1.165, 1.54) is 0 Å². The Hall–Kier alpha value is -2.79. The molecule has 0 aliphatic heterocycles. The fourth-order valence-corrected chi connectivity index (χ4v) is 3.32. The molecule has 1 heterocycles. The van der Waals surface area contributed by atoms with E-state index in [9.17, 15) is 4.79 Å². The molecule has 3 rings (SSSR count). The number of aromatic nitrogens is 2. The zero-order valence-corrected chi connectivity index (χ0v) is 16.4. The van der Waals surface area contributed by atoms with E-state index >= 15 is 0 Å². The molecule has 3 aromatic rings. The second kappa shape index (κ2) is 8.27. The van der Waals surface area contributed by atoms with Crippen molar-refractivity contribution in [1.29, 1.82) is 0 Å². The van der Waals surface area contributed by atoms with Gasteiger partial charge in [0.05, 0.1) is 23.5 Å². The number of ether oxygens (including phenoxy) is 1. The van der Waals surface area contributed by atoms with Crippen LogP contribution < -0.4 is 10.1 Å². The van der Waals surface area contributed by atoms with Crippen molar-refractivity contribution in [2.75, 3.05) is 12.4 Å². The maximum absolute atomic E-state index is 12.3. The summed E-state index contributed by atoms with van der Waals surface area (Å²) in [5.74, 6) is 0.511. The third kappa shape index (κ3) is 4.31. The van der Waals surface area contributed by atoms with Crippen LogP contribution in [0.1, 0.15) is 23.4 Å². The monoisotopic (exact) mass is 383 g/mol. The fourth-order valence-electron chi connectivity index (χ4n) is 3.06. The van der Waals surface area contributed by atoms with E-state index in [1.54, 1.807) is 25.3 Å². The zero-order valence-electron chi connectivity index (χ0n) is 15.6. The van der Waals surface area contributed by atoms with Gasteiger partial charge in [-0.2, -0.15) is 5.10 Å². The van der Waals surface area contributed by atoms with Crippen LogP contribution in [0.4, 0.5) is 5.69 Å². The molecule has 0 bridgehead atoms. The summed E-state index contributed by atoms with van der Waals surface area (Å²) in [6.45, 7) is 4.01. The van der Waals surface area contributed by atoms with Gasteiger partial charge in [-0.1, -0.05) is 29.8 Å². The minimum atomic E-state index is -0.0671. The van der Waals surface area contributed by atoms with Crippen molar-refractivity contribution < 1.29 is 9.53 Å². The molecule has 0 saturated carbocycles. The first-order chi connectivity index (χ1) is 13.0. The number of benzene rings is 2. The van der Waals surface area contributed by atoms with E-state index in [-0.39, 0.29) is 5.91 Å². The van der Waals surface area contributed by atoms with Gasteiger partial charge in [-0.15, -0.1) is 0 Å². The highest BCUT2D eigenvalue weighted by molar-refractivity contribution is 6.32. The summed E-state index contributed by atoms with van der Waals surface area (Å²) in [6.07, 6.45) is 0.992. The molecule has 0 fully saturated rings. The number of para-hydroxylation sites is 1. The van der Waals surface area contributed by atoms with Gasteiger partial charge in [0.2, 0.25) is 5.91 Å². The molecule has 140 valence electrons. The molecule has 0 saturated heterocycles. The Labute approximate surface area is 163 Å². The van der Waals surface area contributed by atoms with Crippen LogP contribution in [-0.2, 0) is 11.2 Å². The Balaban J connectivity index is 1.67. The van der Waals surface area contributed by atoms with Crippen LogP contribution in [0.25, 0.3) is 5.69 Å². The zero-order chi connectivity index (χ0) is 19.4. The number of carbonyl (C=O) groups excluding carboxylic acids is 1. The summed E-state index contributed by atoms with van der Waals surface area (Å²) < 4.78 is 7.04. The van der Waals surface area contributed by atoms with Gasteiger partial charge in [-0.3, -0.25) is 4.79 Å². The molecule has 0 aliphatic carbocycles. The van der Waals surface area contributed by atoms with Crippen LogP contribution in [-0.4, -0.2) is 22.8 Å². The Morgan fingerprint density at radius 1 is 1.19 bits per heavy atom. The van der Waals surface area contributed by atoms with Gasteiger partial charge in [0.15, 0.2) is 0 Å². The number of carbonyl (C=O) groups is 1. The normalized spacial score (nSPS) is 10.7. The number of anilines is 1. The summed E-state index contributed by atoms with van der Waals surface area (Å²) in [5, 5.41) is 7.97. The van der Waals surface area contributed by atoms with Gasteiger partial charge >= 0.3 is 0 Å². The van der Waals surface area contributed by atoms with Gasteiger partial charge in [-0.25, -0.2) is 4.68 Å². The molecule has 1 amide bonds. The first-order valence-corrected chi connectivity index (χ1v) is 9.11. The van der Waals surface area contributed by atoms with E-state index in [1.807, 2.05) is 48.9 Å². The summed E-state index contributed by atoms with van der Waals surface area (Å²) >= 11 is 6.10. The molecule has 1 aromatic heterocycles. The topological polar surface area (TPSA) is 56.1 Å². The first kappa shape index (κ1) is 19.0. The molecule has 1 N–H and O–H groups in total. The Bertz CT molecular complexity index is 952. The lowest BCUT2D eigenvalue weighted by Gasteiger charge is -2.08. The fraction of sp³-hybridized carbons (Fsp3) is 0.238.